The number of nitrogens with zero attached hydrogens (tertiary/aromatic N) is 2. The summed E-state index contributed by atoms with van der Waals surface area (Å²) in [7, 11) is 0. The van der Waals surface area contributed by atoms with Gasteiger partial charge in [0.1, 0.15) is 11.0 Å². The zero-order valence-corrected chi connectivity index (χ0v) is 13.8. The average molecular weight is 371 g/mol. The van der Waals surface area contributed by atoms with Crippen molar-refractivity contribution in [2.24, 2.45) is 0 Å². The molecule has 8 heteroatoms. The molecule has 2 aromatic carbocycles. The number of thiazole rings is 1. The van der Waals surface area contributed by atoms with Crippen LogP contribution < -0.4 is 5.32 Å². The van der Waals surface area contributed by atoms with E-state index in [1.54, 1.807) is 24.3 Å². The second-order valence-corrected chi connectivity index (χ2v) is 6.74. The van der Waals surface area contributed by atoms with Crippen LogP contribution in [0, 0.1) is 0 Å². The molecule has 0 bridgehead atoms. The van der Waals surface area contributed by atoms with Crippen LogP contribution in [0.3, 0.4) is 0 Å². The van der Waals surface area contributed by atoms with Gasteiger partial charge in [-0.3, -0.25) is 5.32 Å². The molecule has 0 amide bonds. The second-order valence-electron chi connectivity index (χ2n) is 4.48. The Balaban J connectivity index is 1.74. The fraction of sp³-hybridized carbons (Fsp3) is 0. The first-order valence-corrected chi connectivity index (χ1v) is 8.13. The predicted octanol–water partition coefficient (Wildman–Crippen LogP) is 6.14. The van der Waals surface area contributed by atoms with E-state index in [1.165, 1.54) is 11.3 Å². The molecule has 0 radical (unpaired) electrons. The zero-order chi connectivity index (χ0) is 15.3. The van der Waals surface area contributed by atoms with Crippen molar-refractivity contribution in [2.45, 2.75) is 0 Å². The maximum absolute atomic E-state index is 6.15. The van der Waals surface area contributed by atoms with Gasteiger partial charge >= 0.3 is 6.01 Å². The monoisotopic (exact) mass is 369 g/mol. The maximum Gasteiger partial charge on any atom is 0.302 e. The molecule has 4 rings (SSSR count). The third kappa shape index (κ3) is 2.40. The molecule has 0 aliphatic heterocycles. The normalized spacial score (nSPS) is 11.4. The summed E-state index contributed by atoms with van der Waals surface area (Å²) >= 11 is 19.5. The number of rotatable bonds is 2. The number of hydrogen-bond acceptors (Lipinski definition) is 5. The number of oxazole rings is 1. The summed E-state index contributed by atoms with van der Waals surface area (Å²) in [5, 5.41) is 5.17. The van der Waals surface area contributed by atoms with Gasteiger partial charge in [0.25, 0.3) is 0 Å². The van der Waals surface area contributed by atoms with Crippen LogP contribution in [0.2, 0.25) is 15.1 Å². The van der Waals surface area contributed by atoms with Crippen LogP contribution in [-0.4, -0.2) is 9.97 Å². The molecule has 22 heavy (non-hydrogen) atoms. The van der Waals surface area contributed by atoms with Crippen molar-refractivity contribution in [3.8, 4) is 0 Å². The third-order valence-corrected chi connectivity index (χ3v) is 4.98. The van der Waals surface area contributed by atoms with Crippen molar-refractivity contribution in [2.75, 3.05) is 5.32 Å². The molecular formula is C14H6Cl3N3OS. The van der Waals surface area contributed by atoms with E-state index >= 15 is 0 Å². The van der Waals surface area contributed by atoms with Crippen LogP contribution in [0.1, 0.15) is 0 Å². The summed E-state index contributed by atoms with van der Waals surface area (Å²) in [6, 6.07) is 9.22. The molecule has 2 heterocycles. The standard InChI is InChI=1S/C14H6Cl3N3OS/c15-6-1-3-9-8(5-6)18-13(21-9)20-14-19-12-10(22-14)4-2-7(16)11(12)17/h1-5H,(H,18,19,20). The van der Waals surface area contributed by atoms with Gasteiger partial charge < -0.3 is 4.42 Å². The smallest absolute Gasteiger partial charge is 0.302 e. The molecular weight excluding hydrogens is 365 g/mol. The predicted molar refractivity (Wildman–Crippen MR) is 91.9 cm³/mol. The second kappa shape index (κ2) is 5.28. The van der Waals surface area contributed by atoms with E-state index in [4.69, 9.17) is 39.2 Å². The number of anilines is 2. The van der Waals surface area contributed by atoms with Gasteiger partial charge in [0.2, 0.25) is 0 Å². The van der Waals surface area contributed by atoms with Crippen LogP contribution in [-0.2, 0) is 0 Å². The number of hydrogen-bond donors (Lipinski definition) is 1. The van der Waals surface area contributed by atoms with Crippen molar-refractivity contribution < 1.29 is 4.42 Å². The Kier molecular flexibility index (Phi) is 3.38. The van der Waals surface area contributed by atoms with E-state index in [9.17, 15) is 0 Å². The lowest BCUT2D eigenvalue weighted by Crippen LogP contribution is -1.88. The van der Waals surface area contributed by atoms with Crippen molar-refractivity contribution >= 4 is 78.6 Å². The van der Waals surface area contributed by atoms with Gasteiger partial charge in [-0.1, -0.05) is 46.1 Å². The first-order chi connectivity index (χ1) is 10.6. The number of fused-ring (bicyclic) bond motifs is 2. The summed E-state index contributed by atoms with van der Waals surface area (Å²) in [5.74, 6) is 0. The topological polar surface area (TPSA) is 51.0 Å². The van der Waals surface area contributed by atoms with E-state index in [0.717, 1.165) is 4.70 Å². The maximum atomic E-state index is 6.15. The molecule has 0 unspecified atom stereocenters. The fourth-order valence-electron chi connectivity index (χ4n) is 2.04. The largest absolute Gasteiger partial charge is 0.423 e. The lowest BCUT2D eigenvalue weighted by atomic mass is 10.3. The Morgan fingerprint density at radius 1 is 1.05 bits per heavy atom. The summed E-state index contributed by atoms with van der Waals surface area (Å²) < 4.78 is 6.53. The molecule has 110 valence electrons. The molecule has 0 fully saturated rings. The Morgan fingerprint density at radius 3 is 2.77 bits per heavy atom. The Labute approximate surface area is 143 Å². The number of aromatic nitrogens is 2. The molecule has 0 aliphatic carbocycles. The molecule has 0 saturated heterocycles. The highest BCUT2D eigenvalue weighted by atomic mass is 35.5. The molecule has 0 saturated carbocycles. The van der Waals surface area contributed by atoms with Gasteiger partial charge in [-0.2, -0.15) is 4.98 Å². The lowest BCUT2D eigenvalue weighted by molar-refractivity contribution is 0.623. The zero-order valence-electron chi connectivity index (χ0n) is 10.7. The number of nitrogens with one attached hydrogen (secondary N) is 1. The van der Waals surface area contributed by atoms with Gasteiger partial charge in [0.05, 0.1) is 14.7 Å². The highest BCUT2D eigenvalue weighted by Crippen LogP contribution is 2.36. The first kappa shape index (κ1) is 14.1. The molecule has 1 N–H and O–H groups in total. The first-order valence-electron chi connectivity index (χ1n) is 6.18. The van der Waals surface area contributed by atoms with Crippen LogP contribution >= 0.6 is 46.1 Å². The number of halogens is 3. The minimum atomic E-state index is 0.346. The van der Waals surface area contributed by atoms with E-state index in [2.05, 4.69) is 15.3 Å². The average Bonchev–Trinajstić information content (AvgIpc) is 3.06. The molecule has 4 aromatic rings. The summed E-state index contributed by atoms with van der Waals surface area (Å²) in [4.78, 5) is 8.75. The van der Waals surface area contributed by atoms with Gasteiger partial charge in [-0.15, -0.1) is 0 Å². The Bertz CT molecular complexity index is 1010. The molecule has 0 atom stereocenters. The van der Waals surface area contributed by atoms with Gasteiger partial charge in [0, 0.05) is 5.02 Å². The summed E-state index contributed by atoms with van der Waals surface area (Å²) in [5.41, 5.74) is 1.98. The minimum absolute atomic E-state index is 0.346. The minimum Gasteiger partial charge on any atom is -0.423 e. The van der Waals surface area contributed by atoms with Crippen LogP contribution in [0.15, 0.2) is 34.7 Å². The molecule has 0 aliphatic rings. The van der Waals surface area contributed by atoms with Crippen molar-refractivity contribution in [3.63, 3.8) is 0 Å². The molecule has 2 aromatic heterocycles. The van der Waals surface area contributed by atoms with Gasteiger partial charge in [-0.05, 0) is 30.3 Å². The van der Waals surface area contributed by atoms with Crippen LogP contribution in [0.25, 0.3) is 21.3 Å². The van der Waals surface area contributed by atoms with Crippen LogP contribution in [0.5, 0.6) is 0 Å². The van der Waals surface area contributed by atoms with Gasteiger partial charge in [0.15, 0.2) is 10.7 Å². The van der Waals surface area contributed by atoms with Gasteiger partial charge in [-0.25, -0.2) is 4.98 Å². The Hall–Kier alpha value is -1.53. The molecule has 4 nitrogen and oxygen atoms in total. The number of benzene rings is 2. The Morgan fingerprint density at radius 2 is 1.91 bits per heavy atom. The highest BCUT2D eigenvalue weighted by Gasteiger charge is 2.12. The lowest BCUT2D eigenvalue weighted by Gasteiger charge is -1.94. The van der Waals surface area contributed by atoms with E-state index < -0.39 is 0 Å². The van der Waals surface area contributed by atoms with E-state index in [0.29, 0.717) is 42.8 Å². The SMILES string of the molecule is Clc1ccc2oc(Nc3nc4c(Cl)c(Cl)ccc4s3)nc2c1. The van der Waals surface area contributed by atoms with E-state index in [-0.39, 0.29) is 0 Å². The fourth-order valence-corrected chi connectivity index (χ4v) is 3.48. The van der Waals surface area contributed by atoms with Crippen molar-refractivity contribution in [1.82, 2.24) is 9.97 Å². The van der Waals surface area contributed by atoms with E-state index in [1.807, 2.05) is 6.07 Å². The van der Waals surface area contributed by atoms with Crippen LogP contribution in [0.4, 0.5) is 11.1 Å². The highest BCUT2D eigenvalue weighted by molar-refractivity contribution is 7.22. The summed E-state index contributed by atoms with van der Waals surface area (Å²) in [6.45, 7) is 0. The molecule has 0 spiro atoms. The quantitative estimate of drug-likeness (QED) is 0.460. The van der Waals surface area contributed by atoms with Crippen molar-refractivity contribution in [3.05, 3.63) is 45.4 Å². The summed E-state index contributed by atoms with van der Waals surface area (Å²) in [6.07, 6.45) is 0. The van der Waals surface area contributed by atoms with Crippen molar-refractivity contribution in [1.29, 1.82) is 0 Å². The third-order valence-electron chi connectivity index (χ3n) is 3.02.